The zero-order chi connectivity index (χ0) is 13.8. The summed E-state index contributed by atoms with van der Waals surface area (Å²) in [6, 6.07) is -0.304. The number of esters is 1. The normalized spacial score (nSPS) is 23.8. The van der Waals surface area contributed by atoms with Crippen LogP contribution in [0, 0.1) is 5.92 Å². The number of hydrogen-bond donors (Lipinski definition) is 2. The number of nitrogens with one attached hydrogen (secondary N) is 1. The van der Waals surface area contributed by atoms with Gasteiger partial charge in [-0.05, 0) is 19.8 Å². The summed E-state index contributed by atoms with van der Waals surface area (Å²) in [6.07, 6.45) is 2.33. The minimum absolute atomic E-state index is 0.128. The number of sulfonamides is 1. The molecule has 18 heavy (non-hydrogen) atoms. The minimum atomic E-state index is -3.69. The van der Waals surface area contributed by atoms with E-state index in [0.29, 0.717) is 11.4 Å². The Bertz CT molecular complexity index is 422. The zero-order valence-electron chi connectivity index (χ0n) is 10.2. The third-order valence-electron chi connectivity index (χ3n) is 2.83. The van der Waals surface area contributed by atoms with E-state index in [9.17, 15) is 13.2 Å². The Labute approximate surface area is 112 Å². The number of nitrogens with two attached hydrogens (primary N) is 1. The lowest BCUT2D eigenvalue weighted by molar-refractivity contribution is -0.139. The van der Waals surface area contributed by atoms with Crippen molar-refractivity contribution in [3.05, 3.63) is 0 Å². The third-order valence-corrected chi connectivity index (χ3v) is 4.41. The van der Waals surface area contributed by atoms with E-state index >= 15 is 0 Å². The molecule has 1 saturated carbocycles. The van der Waals surface area contributed by atoms with E-state index in [1.54, 1.807) is 6.92 Å². The van der Waals surface area contributed by atoms with Gasteiger partial charge >= 0.3 is 5.97 Å². The van der Waals surface area contributed by atoms with Crippen LogP contribution in [0.4, 0.5) is 0 Å². The highest BCUT2D eigenvalue weighted by molar-refractivity contribution is 7.90. The van der Waals surface area contributed by atoms with Crippen LogP contribution >= 0.6 is 12.2 Å². The van der Waals surface area contributed by atoms with Crippen molar-refractivity contribution in [3.8, 4) is 0 Å². The highest BCUT2D eigenvalue weighted by atomic mass is 32.2. The van der Waals surface area contributed by atoms with E-state index in [0.717, 1.165) is 12.8 Å². The predicted octanol–water partition coefficient (Wildman–Crippen LogP) is -0.0763. The number of carbonyl (C=O) groups excluding carboxylic acids is 1. The van der Waals surface area contributed by atoms with Crippen LogP contribution in [0.25, 0.3) is 0 Å². The Morgan fingerprint density at radius 1 is 1.50 bits per heavy atom. The van der Waals surface area contributed by atoms with Crippen LogP contribution in [0.3, 0.4) is 0 Å². The molecular formula is C10H18N2O4S2. The second kappa shape index (κ2) is 6.44. The van der Waals surface area contributed by atoms with Gasteiger partial charge in [-0.1, -0.05) is 18.6 Å². The lowest BCUT2D eigenvalue weighted by Gasteiger charge is -2.19. The number of carbonyl (C=O) groups is 1. The zero-order valence-corrected chi connectivity index (χ0v) is 11.9. The summed E-state index contributed by atoms with van der Waals surface area (Å²) in [6.45, 7) is 1.78. The molecule has 6 nitrogen and oxygen atoms in total. The van der Waals surface area contributed by atoms with Gasteiger partial charge in [0.15, 0.2) is 5.75 Å². The molecule has 0 amide bonds. The average molecular weight is 294 g/mol. The molecule has 2 unspecified atom stereocenters. The Balaban J connectivity index is 2.60. The number of rotatable bonds is 6. The molecule has 0 aromatic rings. The molecule has 8 heteroatoms. The number of ether oxygens (including phenoxy) is 1. The second-order valence-corrected chi connectivity index (χ2v) is 6.45. The molecule has 1 aliphatic carbocycles. The van der Waals surface area contributed by atoms with E-state index in [1.165, 1.54) is 0 Å². The van der Waals surface area contributed by atoms with Gasteiger partial charge in [0.05, 0.1) is 11.6 Å². The van der Waals surface area contributed by atoms with Crippen molar-refractivity contribution in [1.29, 1.82) is 0 Å². The van der Waals surface area contributed by atoms with Crippen molar-refractivity contribution >= 4 is 33.2 Å². The molecule has 1 fully saturated rings. The highest BCUT2D eigenvalue weighted by Gasteiger charge is 2.33. The highest BCUT2D eigenvalue weighted by Crippen LogP contribution is 2.26. The van der Waals surface area contributed by atoms with Crippen molar-refractivity contribution in [3.63, 3.8) is 0 Å². The van der Waals surface area contributed by atoms with Crippen LogP contribution in [0.5, 0.6) is 0 Å². The Morgan fingerprint density at radius 2 is 2.17 bits per heavy atom. The van der Waals surface area contributed by atoms with Crippen molar-refractivity contribution in [1.82, 2.24) is 4.72 Å². The van der Waals surface area contributed by atoms with Gasteiger partial charge in [0.2, 0.25) is 10.0 Å². The summed E-state index contributed by atoms with van der Waals surface area (Å²) in [5, 5.41) is 0. The molecule has 0 aromatic heterocycles. The first-order valence-corrected chi connectivity index (χ1v) is 7.86. The van der Waals surface area contributed by atoms with Gasteiger partial charge in [0, 0.05) is 12.0 Å². The molecule has 0 aliphatic heterocycles. The first-order valence-electron chi connectivity index (χ1n) is 5.80. The third kappa shape index (κ3) is 4.51. The minimum Gasteiger partial charge on any atom is -0.465 e. The van der Waals surface area contributed by atoms with Crippen LogP contribution in [0.15, 0.2) is 0 Å². The molecule has 3 N–H and O–H groups in total. The smallest absolute Gasteiger partial charge is 0.322 e. The van der Waals surface area contributed by atoms with E-state index in [1.807, 2.05) is 0 Å². The summed E-state index contributed by atoms with van der Waals surface area (Å²) in [5.41, 5.74) is 5.56. The van der Waals surface area contributed by atoms with Gasteiger partial charge in [0.1, 0.15) is 0 Å². The van der Waals surface area contributed by atoms with Gasteiger partial charge in [-0.2, -0.15) is 0 Å². The van der Waals surface area contributed by atoms with E-state index in [4.69, 9.17) is 18.0 Å². The van der Waals surface area contributed by atoms with Gasteiger partial charge in [-0.25, -0.2) is 13.1 Å². The van der Waals surface area contributed by atoms with Crippen molar-refractivity contribution in [2.45, 2.75) is 32.2 Å². The SMILES string of the molecule is CCOC(=O)CS(=O)(=O)NC1CCCC1C(N)=S. The topological polar surface area (TPSA) is 98.5 Å². The second-order valence-electron chi connectivity index (χ2n) is 4.23. The van der Waals surface area contributed by atoms with Crippen LogP contribution in [-0.4, -0.2) is 37.8 Å². The maximum Gasteiger partial charge on any atom is 0.322 e. The molecule has 0 saturated heterocycles. The summed E-state index contributed by atoms with van der Waals surface area (Å²) in [7, 11) is -3.69. The molecule has 0 bridgehead atoms. The van der Waals surface area contributed by atoms with Gasteiger partial charge in [-0.3, -0.25) is 4.79 Å². The molecule has 1 rings (SSSR count). The van der Waals surface area contributed by atoms with Crippen molar-refractivity contribution in [2.24, 2.45) is 11.7 Å². The van der Waals surface area contributed by atoms with Gasteiger partial charge in [-0.15, -0.1) is 0 Å². The summed E-state index contributed by atoms with van der Waals surface area (Å²) in [4.78, 5) is 11.5. The van der Waals surface area contributed by atoms with E-state index in [-0.39, 0.29) is 18.6 Å². The van der Waals surface area contributed by atoms with E-state index in [2.05, 4.69) is 9.46 Å². The van der Waals surface area contributed by atoms with E-state index < -0.39 is 21.7 Å². The largest absolute Gasteiger partial charge is 0.465 e. The maximum atomic E-state index is 11.7. The molecule has 104 valence electrons. The fourth-order valence-electron chi connectivity index (χ4n) is 2.07. The first-order chi connectivity index (χ1) is 8.35. The molecular weight excluding hydrogens is 276 g/mol. The number of thiocarbonyl (C=S) groups is 1. The molecule has 2 atom stereocenters. The van der Waals surface area contributed by atoms with Crippen LogP contribution in [0.1, 0.15) is 26.2 Å². The summed E-state index contributed by atoms with van der Waals surface area (Å²) < 4.78 is 30.6. The molecule has 0 aromatic carbocycles. The van der Waals surface area contributed by atoms with Crippen molar-refractivity contribution in [2.75, 3.05) is 12.4 Å². The number of hydrogen-bond acceptors (Lipinski definition) is 5. The lowest BCUT2D eigenvalue weighted by atomic mass is 10.1. The standard InChI is InChI=1S/C10H18N2O4S2/c1-2-16-9(13)6-18(14,15)12-8-5-3-4-7(8)10(11)17/h7-8,12H,2-6H2,1H3,(H2,11,17). The predicted molar refractivity (Wildman–Crippen MR) is 71.5 cm³/mol. The molecule has 1 aliphatic rings. The average Bonchev–Trinajstić information content (AvgIpc) is 2.63. The van der Waals surface area contributed by atoms with Gasteiger partial charge < -0.3 is 10.5 Å². The molecule has 0 heterocycles. The van der Waals surface area contributed by atoms with Crippen molar-refractivity contribution < 1.29 is 17.9 Å². The Kier molecular flexibility index (Phi) is 5.48. The summed E-state index contributed by atoms with van der Waals surface area (Å²) in [5.74, 6) is -1.55. The van der Waals surface area contributed by atoms with Crippen LogP contribution in [-0.2, 0) is 19.6 Å². The van der Waals surface area contributed by atoms with Gasteiger partial charge in [0.25, 0.3) is 0 Å². The van der Waals surface area contributed by atoms with Crippen LogP contribution < -0.4 is 10.5 Å². The molecule has 0 radical (unpaired) electrons. The Morgan fingerprint density at radius 3 is 2.72 bits per heavy atom. The monoisotopic (exact) mass is 294 g/mol. The fraction of sp³-hybridized carbons (Fsp3) is 0.800. The molecule has 0 spiro atoms. The van der Waals surface area contributed by atoms with Crippen LogP contribution in [0.2, 0.25) is 0 Å². The lowest BCUT2D eigenvalue weighted by Crippen LogP contribution is -2.43. The quantitative estimate of drug-likeness (QED) is 0.525. The summed E-state index contributed by atoms with van der Waals surface area (Å²) >= 11 is 4.90. The Hall–Kier alpha value is -0.730. The first kappa shape index (κ1) is 15.3. The fourth-order valence-corrected chi connectivity index (χ4v) is 3.57. The maximum absolute atomic E-state index is 11.7.